The molecule has 0 spiro atoms. The second kappa shape index (κ2) is 5.75. The summed E-state index contributed by atoms with van der Waals surface area (Å²) in [5, 5.41) is 0. The monoisotopic (exact) mass is 293 g/mol. The van der Waals surface area contributed by atoms with Gasteiger partial charge in [0.1, 0.15) is 23.1 Å². The quantitative estimate of drug-likeness (QED) is 0.843. The highest BCUT2D eigenvalue weighted by molar-refractivity contribution is 5.68. The van der Waals surface area contributed by atoms with Crippen LogP contribution in [0.15, 0.2) is 6.07 Å². The van der Waals surface area contributed by atoms with Gasteiger partial charge < -0.3 is 20.3 Å². The average molecular weight is 293 g/mol. The van der Waals surface area contributed by atoms with Crippen molar-refractivity contribution in [2.75, 3.05) is 36.8 Å². The number of carbonyl (C=O) groups excluding carboxylic acids is 1. The Hall–Kier alpha value is -2.05. The van der Waals surface area contributed by atoms with Crippen molar-refractivity contribution in [3.8, 4) is 0 Å². The van der Waals surface area contributed by atoms with Crippen LogP contribution in [0.1, 0.15) is 26.6 Å². The Labute approximate surface area is 125 Å². The molecule has 2 heterocycles. The number of nitrogens with two attached hydrogens (primary N) is 1. The molecule has 0 aromatic carbocycles. The lowest BCUT2D eigenvalue weighted by Gasteiger charge is -2.36. The van der Waals surface area contributed by atoms with Gasteiger partial charge in [-0.05, 0) is 27.7 Å². The molecule has 0 aliphatic carbocycles. The number of ether oxygens (including phenoxy) is 1. The van der Waals surface area contributed by atoms with Gasteiger partial charge in [0, 0.05) is 32.2 Å². The fraction of sp³-hybridized carbons (Fsp3) is 0.643. The third-order valence-corrected chi connectivity index (χ3v) is 3.10. The summed E-state index contributed by atoms with van der Waals surface area (Å²) in [6.45, 7) is 10.0. The van der Waals surface area contributed by atoms with E-state index in [0.29, 0.717) is 37.8 Å². The standard InChI is InChI=1S/C14H23N5O2/c1-10-16-11(15)9-12(17-10)18-5-7-19(8-6-18)13(20)21-14(2,3)4/h9H,5-8H2,1-4H3,(H2,15,16,17). The van der Waals surface area contributed by atoms with E-state index in [1.165, 1.54) is 0 Å². The molecule has 1 saturated heterocycles. The molecule has 1 aliphatic heterocycles. The Bertz CT molecular complexity index is 498. The number of anilines is 2. The second-order valence-electron chi connectivity index (χ2n) is 6.15. The SMILES string of the molecule is Cc1nc(N)cc(N2CCN(C(=O)OC(C)(C)C)CC2)n1. The first-order chi connectivity index (χ1) is 9.74. The summed E-state index contributed by atoms with van der Waals surface area (Å²) in [7, 11) is 0. The van der Waals surface area contributed by atoms with Crippen molar-refractivity contribution in [2.45, 2.75) is 33.3 Å². The number of aryl methyl sites for hydroxylation is 1. The van der Waals surface area contributed by atoms with Crippen molar-refractivity contribution in [1.29, 1.82) is 0 Å². The number of nitrogens with zero attached hydrogens (tertiary/aromatic N) is 4. The first kappa shape index (κ1) is 15.3. The average Bonchev–Trinajstić information content (AvgIpc) is 2.35. The molecular weight excluding hydrogens is 270 g/mol. The van der Waals surface area contributed by atoms with Crippen LogP contribution in [0.25, 0.3) is 0 Å². The molecule has 1 amide bonds. The fourth-order valence-electron chi connectivity index (χ4n) is 2.18. The van der Waals surface area contributed by atoms with Crippen LogP contribution in [-0.4, -0.2) is 52.7 Å². The molecular formula is C14H23N5O2. The van der Waals surface area contributed by atoms with Gasteiger partial charge in [0.25, 0.3) is 0 Å². The molecule has 21 heavy (non-hydrogen) atoms. The first-order valence-electron chi connectivity index (χ1n) is 7.08. The van der Waals surface area contributed by atoms with Crippen molar-refractivity contribution in [2.24, 2.45) is 0 Å². The zero-order valence-corrected chi connectivity index (χ0v) is 13.1. The molecule has 0 atom stereocenters. The third kappa shape index (κ3) is 4.21. The first-order valence-corrected chi connectivity index (χ1v) is 7.08. The van der Waals surface area contributed by atoms with E-state index in [-0.39, 0.29) is 6.09 Å². The molecule has 1 fully saturated rings. The molecule has 0 unspecified atom stereocenters. The molecule has 1 aromatic rings. The summed E-state index contributed by atoms with van der Waals surface area (Å²) >= 11 is 0. The summed E-state index contributed by atoms with van der Waals surface area (Å²) in [5.74, 6) is 1.93. The highest BCUT2D eigenvalue weighted by Crippen LogP contribution is 2.17. The van der Waals surface area contributed by atoms with Crippen molar-refractivity contribution in [1.82, 2.24) is 14.9 Å². The van der Waals surface area contributed by atoms with Gasteiger partial charge in [-0.1, -0.05) is 0 Å². The van der Waals surface area contributed by atoms with Crippen LogP contribution >= 0.6 is 0 Å². The summed E-state index contributed by atoms with van der Waals surface area (Å²) < 4.78 is 5.38. The Morgan fingerprint density at radius 2 is 1.86 bits per heavy atom. The number of hydrogen-bond acceptors (Lipinski definition) is 6. The maximum Gasteiger partial charge on any atom is 0.410 e. The van der Waals surface area contributed by atoms with E-state index in [1.54, 1.807) is 11.0 Å². The van der Waals surface area contributed by atoms with Crippen LogP contribution in [0.4, 0.5) is 16.4 Å². The van der Waals surface area contributed by atoms with Crippen LogP contribution in [0.2, 0.25) is 0 Å². The number of piperazine rings is 1. The van der Waals surface area contributed by atoms with Gasteiger partial charge in [-0.25, -0.2) is 14.8 Å². The Morgan fingerprint density at radius 1 is 1.24 bits per heavy atom. The molecule has 7 nitrogen and oxygen atoms in total. The van der Waals surface area contributed by atoms with Crippen molar-refractivity contribution < 1.29 is 9.53 Å². The summed E-state index contributed by atoms with van der Waals surface area (Å²) in [6, 6.07) is 1.76. The minimum Gasteiger partial charge on any atom is -0.444 e. The van der Waals surface area contributed by atoms with Gasteiger partial charge in [0.15, 0.2) is 0 Å². The van der Waals surface area contributed by atoms with Crippen molar-refractivity contribution >= 4 is 17.7 Å². The number of rotatable bonds is 1. The van der Waals surface area contributed by atoms with Crippen molar-refractivity contribution in [3.63, 3.8) is 0 Å². The highest BCUT2D eigenvalue weighted by atomic mass is 16.6. The molecule has 116 valence electrons. The summed E-state index contributed by atoms with van der Waals surface area (Å²) in [4.78, 5) is 24.3. The van der Waals surface area contributed by atoms with E-state index >= 15 is 0 Å². The van der Waals surface area contributed by atoms with Gasteiger partial charge in [-0.3, -0.25) is 0 Å². The van der Waals surface area contributed by atoms with Crippen LogP contribution in [0.5, 0.6) is 0 Å². The van der Waals surface area contributed by atoms with E-state index in [9.17, 15) is 4.79 Å². The molecule has 2 N–H and O–H groups in total. The predicted octanol–water partition coefficient (Wildman–Crippen LogP) is 1.42. The second-order valence-corrected chi connectivity index (χ2v) is 6.15. The van der Waals surface area contributed by atoms with Crippen LogP contribution in [0, 0.1) is 6.92 Å². The van der Waals surface area contributed by atoms with Crippen LogP contribution in [0.3, 0.4) is 0 Å². The number of hydrogen-bond donors (Lipinski definition) is 1. The molecule has 7 heteroatoms. The molecule has 0 radical (unpaired) electrons. The zero-order valence-electron chi connectivity index (χ0n) is 13.1. The number of amides is 1. The molecule has 0 saturated carbocycles. The molecule has 1 aliphatic rings. The number of carbonyl (C=O) groups is 1. The van der Waals surface area contributed by atoms with Gasteiger partial charge in [0.05, 0.1) is 0 Å². The van der Waals surface area contributed by atoms with Gasteiger partial charge in [-0.2, -0.15) is 0 Å². The zero-order chi connectivity index (χ0) is 15.6. The maximum absolute atomic E-state index is 12.0. The fourth-order valence-corrected chi connectivity index (χ4v) is 2.18. The van der Waals surface area contributed by atoms with E-state index < -0.39 is 5.60 Å². The number of aromatic nitrogens is 2. The Morgan fingerprint density at radius 3 is 2.38 bits per heavy atom. The third-order valence-electron chi connectivity index (χ3n) is 3.10. The largest absolute Gasteiger partial charge is 0.444 e. The number of nitrogen functional groups attached to an aromatic ring is 1. The molecule has 0 bridgehead atoms. The van der Waals surface area contributed by atoms with E-state index in [4.69, 9.17) is 10.5 Å². The molecule has 2 rings (SSSR count). The Balaban J connectivity index is 1.95. The van der Waals surface area contributed by atoms with Crippen LogP contribution in [-0.2, 0) is 4.74 Å². The Kier molecular flexibility index (Phi) is 4.20. The normalized spacial score (nSPS) is 16.0. The van der Waals surface area contributed by atoms with Crippen molar-refractivity contribution in [3.05, 3.63) is 11.9 Å². The lowest BCUT2D eigenvalue weighted by Crippen LogP contribution is -2.50. The van der Waals surface area contributed by atoms with Crippen LogP contribution < -0.4 is 10.6 Å². The van der Waals surface area contributed by atoms with Gasteiger partial charge in [-0.15, -0.1) is 0 Å². The predicted molar refractivity (Wildman–Crippen MR) is 81.2 cm³/mol. The van der Waals surface area contributed by atoms with Gasteiger partial charge >= 0.3 is 6.09 Å². The summed E-state index contributed by atoms with van der Waals surface area (Å²) in [5.41, 5.74) is 5.28. The maximum atomic E-state index is 12.0. The summed E-state index contributed by atoms with van der Waals surface area (Å²) in [6.07, 6.45) is -0.263. The molecule has 1 aromatic heterocycles. The van der Waals surface area contributed by atoms with Gasteiger partial charge in [0.2, 0.25) is 0 Å². The van der Waals surface area contributed by atoms with E-state index in [2.05, 4.69) is 14.9 Å². The smallest absolute Gasteiger partial charge is 0.410 e. The van der Waals surface area contributed by atoms with E-state index in [1.807, 2.05) is 27.7 Å². The van der Waals surface area contributed by atoms with E-state index in [0.717, 1.165) is 5.82 Å². The lowest BCUT2D eigenvalue weighted by molar-refractivity contribution is 0.0240. The highest BCUT2D eigenvalue weighted by Gasteiger charge is 2.26. The lowest BCUT2D eigenvalue weighted by atomic mass is 10.2. The topological polar surface area (TPSA) is 84.6 Å². The minimum absolute atomic E-state index is 0.263. The minimum atomic E-state index is -0.466.